The molecule has 244 valence electrons. The Kier molecular flexibility index (Phi) is 8.50. The summed E-state index contributed by atoms with van der Waals surface area (Å²) in [4.78, 5) is 16.8. The largest absolute Gasteiger partial charge is 0.465 e. The summed E-state index contributed by atoms with van der Waals surface area (Å²) in [5, 5.41) is 14.5. The van der Waals surface area contributed by atoms with Gasteiger partial charge in [0.05, 0.1) is 18.1 Å². The van der Waals surface area contributed by atoms with Gasteiger partial charge in [0.25, 0.3) is 0 Å². The predicted octanol–water partition coefficient (Wildman–Crippen LogP) is 7.23. The highest BCUT2D eigenvalue weighted by molar-refractivity contribution is 5.79. The quantitative estimate of drug-likeness (QED) is 0.192. The summed E-state index contributed by atoms with van der Waals surface area (Å²) in [6.07, 6.45) is 14.4. The molecule has 10 atom stereocenters. The first-order valence-electron chi connectivity index (χ1n) is 18.3. The highest BCUT2D eigenvalue weighted by Crippen LogP contribution is 2.75. The van der Waals surface area contributed by atoms with E-state index in [1.807, 2.05) is 0 Å². The lowest BCUT2D eigenvalue weighted by molar-refractivity contribution is -0.207. The number of carbonyl (C=O) groups is 1. The molecular formula is C38H64N2O3. The molecule has 5 nitrogen and oxygen atoms in total. The smallest absolute Gasteiger partial charge is 0.312 e. The molecule has 0 aromatic heterocycles. The molecule has 6 aliphatic rings. The second-order valence-electron chi connectivity index (χ2n) is 17.6. The van der Waals surface area contributed by atoms with Gasteiger partial charge in [0.1, 0.15) is 0 Å². The average molecular weight is 597 g/mol. The van der Waals surface area contributed by atoms with E-state index in [-0.39, 0.29) is 39.1 Å². The first-order chi connectivity index (χ1) is 20.3. The van der Waals surface area contributed by atoms with Crippen molar-refractivity contribution < 1.29 is 14.6 Å². The van der Waals surface area contributed by atoms with Crippen LogP contribution in [0.5, 0.6) is 0 Å². The van der Waals surface area contributed by atoms with Crippen LogP contribution in [0, 0.1) is 56.7 Å². The Morgan fingerprint density at radius 1 is 0.953 bits per heavy atom. The molecule has 1 saturated heterocycles. The van der Waals surface area contributed by atoms with Crippen molar-refractivity contribution in [3.05, 3.63) is 11.6 Å². The second-order valence-corrected chi connectivity index (χ2v) is 17.6. The molecule has 1 heterocycles. The van der Waals surface area contributed by atoms with E-state index in [9.17, 15) is 9.90 Å². The molecule has 5 aliphatic carbocycles. The number of nitrogens with one attached hydrogen (secondary N) is 1. The lowest BCUT2D eigenvalue weighted by atomic mass is 9.33. The van der Waals surface area contributed by atoms with Crippen molar-refractivity contribution in [1.29, 1.82) is 0 Å². The van der Waals surface area contributed by atoms with E-state index >= 15 is 0 Å². The molecule has 43 heavy (non-hydrogen) atoms. The van der Waals surface area contributed by atoms with E-state index in [1.54, 1.807) is 5.57 Å². The number of hydrogen-bond donors (Lipinski definition) is 2. The van der Waals surface area contributed by atoms with Crippen LogP contribution in [0.4, 0.5) is 0 Å². The van der Waals surface area contributed by atoms with Gasteiger partial charge in [-0.3, -0.25) is 4.79 Å². The van der Waals surface area contributed by atoms with Gasteiger partial charge in [-0.1, -0.05) is 60.1 Å². The van der Waals surface area contributed by atoms with Gasteiger partial charge in [-0.05, 0) is 128 Å². The van der Waals surface area contributed by atoms with Crippen LogP contribution < -0.4 is 5.32 Å². The number of aliphatic hydroxyl groups excluding tert-OH is 1. The number of ether oxygens (including phenoxy) is 1. The molecule has 5 fully saturated rings. The van der Waals surface area contributed by atoms with Gasteiger partial charge in [0.2, 0.25) is 0 Å². The van der Waals surface area contributed by atoms with Crippen molar-refractivity contribution in [2.75, 3.05) is 39.3 Å². The van der Waals surface area contributed by atoms with Gasteiger partial charge >= 0.3 is 5.97 Å². The Morgan fingerprint density at radius 3 is 2.44 bits per heavy atom. The van der Waals surface area contributed by atoms with Crippen LogP contribution in [0.2, 0.25) is 0 Å². The highest BCUT2D eigenvalue weighted by atomic mass is 16.5. The van der Waals surface area contributed by atoms with Crippen LogP contribution in [0.15, 0.2) is 11.6 Å². The number of unbranched alkanes of at least 4 members (excludes halogenated alkanes) is 1. The number of fused-ring (bicyclic) bond motifs is 7. The third-order valence-corrected chi connectivity index (χ3v) is 15.7. The Morgan fingerprint density at radius 2 is 1.70 bits per heavy atom. The molecule has 4 saturated carbocycles. The van der Waals surface area contributed by atoms with Gasteiger partial charge in [0.15, 0.2) is 0 Å². The van der Waals surface area contributed by atoms with Crippen LogP contribution >= 0.6 is 0 Å². The third kappa shape index (κ3) is 4.82. The van der Waals surface area contributed by atoms with Gasteiger partial charge in [-0.25, -0.2) is 0 Å². The summed E-state index contributed by atoms with van der Waals surface area (Å²) in [6.45, 7) is 23.5. The number of carbonyl (C=O) groups excluding carboxylic acids is 1. The summed E-state index contributed by atoms with van der Waals surface area (Å²) >= 11 is 0. The molecule has 0 spiro atoms. The molecule has 5 heteroatoms. The van der Waals surface area contributed by atoms with Crippen molar-refractivity contribution >= 4 is 5.97 Å². The minimum Gasteiger partial charge on any atom is -0.465 e. The zero-order valence-corrected chi connectivity index (χ0v) is 28.8. The summed E-state index contributed by atoms with van der Waals surface area (Å²) in [7, 11) is 0. The summed E-state index contributed by atoms with van der Waals surface area (Å²) in [5.41, 5.74) is 1.85. The Bertz CT molecular complexity index is 1080. The molecule has 0 bridgehead atoms. The summed E-state index contributed by atoms with van der Waals surface area (Å²) in [5.74, 6) is 2.75. The fourth-order valence-corrected chi connectivity index (χ4v) is 12.5. The number of aliphatic hydroxyl groups is 1. The lowest BCUT2D eigenvalue weighted by Gasteiger charge is -2.71. The van der Waals surface area contributed by atoms with Crippen LogP contribution in [0.25, 0.3) is 0 Å². The van der Waals surface area contributed by atoms with E-state index in [2.05, 4.69) is 64.8 Å². The van der Waals surface area contributed by atoms with Gasteiger partial charge in [-0.15, -0.1) is 0 Å². The van der Waals surface area contributed by atoms with Gasteiger partial charge < -0.3 is 20.1 Å². The summed E-state index contributed by atoms with van der Waals surface area (Å²) in [6, 6.07) is 0. The number of rotatable bonds is 6. The second kappa shape index (κ2) is 11.4. The summed E-state index contributed by atoms with van der Waals surface area (Å²) < 4.78 is 6.26. The Hall–Kier alpha value is -0.910. The number of nitrogens with zero attached hydrogens (tertiary/aromatic N) is 1. The Balaban J connectivity index is 1.24. The average Bonchev–Trinajstić information content (AvgIpc) is 2.97. The first-order valence-corrected chi connectivity index (χ1v) is 18.3. The van der Waals surface area contributed by atoms with Crippen molar-refractivity contribution in [3.63, 3.8) is 0 Å². The standard InChI is InChI=1S/C38H64N2O3/c1-26-12-17-38(33(42)43-25-9-8-22-40-23-20-39-21-24-40)19-18-36(6)28(32(38)27(26)2)10-11-30-35(5)15-14-31(41)34(3,4)29(35)13-16-37(30,36)7/h10,26-27,29-32,39,41H,8-9,11-25H2,1-7H3/t26-,27+,29+,30-,31+,32+,35+,36-,37-,38+/m1/s1. The molecule has 0 unspecified atom stereocenters. The number of allylic oxidation sites excluding steroid dienone is 2. The van der Waals surface area contributed by atoms with Crippen molar-refractivity contribution in [3.8, 4) is 0 Å². The maximum absolute atomic E-state index is 14.3. The van der Waals surface area contributed by atoms with Gasteiger partial charge in [-0.2, -0.15) is 0 Å². The molecule has 0 amide bonds. The number of hydrogen-bond acceptors (Lipinski definition) is 5. The van der Waals surface area contributed by atoms with E-state index in [1.165, 1.54) is 12.8 Å². The van der Waals surface area contributed by atoms with Crippen LogP contribution in [-0.2, 0) is 9.53 Å². The SMILES string of the molecule is C[C@H]1[C@H](C)CC[C@]2(C(=O)OCCCCN3CCNCC3)CC[C@]3(C)C(=CC[C@@H]4[C@@]5(C)CC[C@H](O)C(C)(C)[C@@H]5CC[C@]43C)[C@H]12. The van der Waals surface area contributed by atoms with Crippen molar-refractivity contribution in [2.24, 2.45) is 56.7 Å². The third-order valence-electron chi connectivity index (χ3n) is 15.7. The number of piperazine rings is 1. The van der Waals surface area contributed by atoms with Crippen molar-refractivity contribution in [1.82, 2.24) is 10.2 Å². The monoisotopic (exact) mass is 596 g/mol. The fraction of sp³-hybridized carbons (Fsp3) is 0.921. The minimum absolute atomic E-state index is 0.0248. The maximum Gasteiger partial charge on any atom is 0.312 e. The van der Waals surface area contributed by atoms with E-state index in [4.69, 9.17) is 4.74 Å². The molecule has 0 aromatic rings. The first kappa shape index (κ1) is 32.0. The fourth-order valence-electron chi connectivity index (χ4n) is 12.5. The molecule has 2 N–H and O–H groups in total. The zero-order chi connectivity index (χ0) is 30.8. The van der Waals surface area contributed by atoms with E-state index in [0.717, 1.165) is 90.5 Å². The molecule has 1 aliphatic heterocycles. The minimum atomic E-state index is -0.350. The van der Waals surface area contributed by atoms with Crippen LogP contribution in [0.3, 0.4) is 0 Å². The molecule has 0 aromatic carbocycles. The Labute approximate surface area is 263 Å². The lowest BCUT2D eigenvalue weighted by Crippen LogP contribution is -2.65. The van der Waals surface area contributed by atoms with Crippen molar-refractivity contribution in [2.45, 2.75) is 125 Å². The number of esters is 1. The molecule has 0 radical (unpaired) electrons. The topological polar surface area (TPSA) is 61.8 Å². The zero-order valence-electron chi connectivity index (χ0n) is 28.8. The van der Waals surface area contributed by atoms with Crippen LogP contribution in [0.1, 0.15) is 119 Å². The molecule has 6 rings (SSSR count). The highest BCUT2D eigenvalue weighted by Gasteiger charge is 2.69. The molecular weight excluding hydrogens is 532 g/mol. The maximum atomic E-state index is 14.3. The van der Waals surface area contributed by atoms with Gasteiger partial charge in [0, 0.05) is 26.2 Å². The van der Waals surface area contributed by atoms with Crippen LogP contribution in [-0.4, -0.2) is 61.4 Å². The predicted molar refractivity (Wildman–Crippen MR) is 174 cm³/mol. The van der Waals surface area contributed by atoms with E-state index < -0.39 is 0 Å². The van der Waals surface area contributed by atoms with E-state index in [0.29, 0.717) is 36.2 Å². The normalized spacial score (nSPS) is 47.8.